The normalized spacial score (nSPS) is 9.76. The molecule has 100 valence electrons. The minimum Gasteiger partial charge on any atom is -0.343 e. The molecule has 0 aromatic rings. The summed E-state index contributed by atoms with van der Waals surface area (Å²) in [6, 6.07) is 0. The van der Waals surface area contributed by atoms with Crippen LogP contribution in [0.1, 0.15) is 59.8 Å². The van der Waals surface area contributed by atoms with E-state index >= 15 is 0 Å². The molecule has 0 spiro atoms. The molecule has 17 heavy (non-hydrogen) atoms. The van der Waals surface area contributed by atoms with Gasteiger partial charge in [-0.25, -0.2) is 0 Å². The molecule has 0 aliphatic carbocycles. The Labute approximate surface area is 121 Å². The molecule has 0 aromatic heterocycles. The predicted molar refractivity (Wildman–Crippen MR) is 68.9 cm³/mol. The predicted octanol–water partition coefficient (Wildman–Crippen LogP) is 3.79. The monoisotopic (exact) mass is 410 g/mol. The van der Waals surface area contributed by atoms with Crippen LogP contribution in [0.4, 0.5) is 0 Å². The number of ketones is 2. The van der Waals surface area contributed by atoms with E-state index in [-0.39, 0.29) is 32.3 Å². The summed E-state index contributed by atoms with van der Waals surface area (Å²) in [5.74, 6) is 0.520. The molecule has 0 heterocycles. The minimum absolute atomic E-state index is 0. The molecule has 0 saturated heterocycles. The quantitative estimate of drug-likeness (QED) is 0.647. The molecule has 0 unspecified atom stereocenters. The fourth-order valence-electron chi connectivity index (χ4n) is 1.00. The Morgan fingerprint density at radius 1 is 1.12 bits per heavy atom. The molecule has 0 rings (SSSR count). The van der Waals surface area contributed by atoms with E-state index in [9.17, 15) is 9.59 Å². The van der Waals surface area contributed by atoms with Crippen molar-refractivity contribution in [1.82, 2.24) is 0 Å². The van der Waals surface area contributed by atoms with Crippen LogP contribution in [0.5, 0.6) is 0 Å². The number of carbonyl (C=O) groups excluding carboxylic acids is 2. The summed E-state index contributed by atoms with van der Waals surface area (Å²) < 4.78 is 0. The molecular weight excluding hydrogens is 384 g/mol. The van der Waals surface area contributed by atoms with Gasteiger partial charge in [0.2, 0.25) is 0 Å². The Morgan fingerprint density at radius 2 is 1.53 bits per heavy atom. The molecule has 0 aromatic carbocycles. The second-order valence-electron chi connectivity index (χ2n) is 5.19. The van der Waals surface area contributed by atoms with E-state index in [0.717, 1.165) is 12.8 Å². The molecule has 0 bridgehead atoms. The molecular formula is C14H26O2W. The van der Waals surface area contributed by atoms with E-state index in [2.05, 4.69) is 34.6 Å². The standard InChI is InChI=1S/C10H19O.C4H7O.W/c1-5-6-7-9(11)8-10(2,3)4;1-3-4(2)5;/h1,5-8H2,2-4H3;1,3H2,2H3;/q2*-1;+2. The zero-order valence-corrected chi connectivity index (χ0v) is 14.6. The number of rotatable bonds is 5. The summed E-state index contributed by atoms with van der Waals surface area (Å²) in [7, 11) is 0. The average molecular weight is 410 g/mol. The van der Waals surface area contributed by atoms with Gasteiger partial charge in [0, 0.05) is 12.8 Å². The van der Waals surface area contributed by atoms with Crippen LogP contribution >= 0.6 is 0 Å². The zero-order chi connectivity index (χ0) is 13.2. The topological polar surface area (TPSA) is 34.1 Å². The van der Waals surface area contributed by atoms with Gasteiger partial charge >= 0.3 is 21.1 Å². The van der Waals surface area contributed by atoms with Crippen molar-refractivity contribution in [2.45, 2.75) is 59.8 Å². The van der Waals surface area contributed by atoms with Crippen LogP contribution in [0.15, 0.2) is 0 Å². The molecule has 0 aliphatic rings. The molecule has 0 atom stereocenters. The van der Waals surface area contributed by atoms with Gasteiger partial charge in [-0.3, -0.25) is 4.79 Å². The number of Topliss-reactive ketones (excluding diaryl/α,β-unsaturated/α-hetero) is 2. The number of hydrogen-bond acceptors (Lipinski definition) is 2. The van der Waals surface area contributed by atoms with Gasteiger partial charge < -0.3 is 18.6 Å². The Bertz CT molecular complexity index is 205. The zero-order valence-electron chi connectivity index (χ0n) is 11.7. The third-order valence-corrected chi connectivity index (χ3v) is 1.79. The van der Waals surface area contributed by atoms with E-state index < -0.39 is 0 Å². The smallest absolute Gasteiger partial charge is 0.343 e. The molecule has 0 aliphatic heterocycles. The van der Waals surface area contributed by atoms with Crippen molar-refractivity contribution in [3.05, 3.63) is 13.8 Å². The SMILES string of the molecule is [CH2-]CC(C)=O.[CH2-]CCCC(=O)CC(C)(C)C.[W+2]. The summed E-state index contributed by atoms with van der Waals surface area (Å²) in [6.45, 7) is 14.8. The van der Waals surface area contributed by atoms with Crippen LogP contribution in [-0.2, 0) is 30.7 Å². The molecule has 3 heteroatoms. The van der Waals surface area contributed by atoms with Gasteiger partial charge in [0.1, 0.15) is 5.78 Å². The van der Waals surface area contributed by atoms with Gasteiger partial charge in [0.05, 0.1) is 5.78 Å². The maximum absolute atomic E-state index is 11.2. The van der Waals surface area contributed by atoms with Gasteiger partial charge in [-0.05, 0) is 12.3 Å². The van der Waals surface area contributed by atoms with Gasteiger partial charge in [-0.15, -0.1) is 6.42 Å². The fourth-order valence-corrected chi connectivity index (χ4v) is 1.00. The Balaban J connectivity index is -0.000000280. The van der Waals surface area contributed by atoms with Crippen LogP contribution in [-0.4, -0.2) is 11.6 Å². The van der Waals surface area contributed by atoms with E-state index in [1.807, 2.05) is 0 Å². The summed E-state index contributed by atoms with van der Waals surface area (Å²) in [6.07, 6.45) is 3.64. The van der Waals surface area contributed by atoms with Crippen molar-refractivity contribution >= 4 is 11.6 Å². The first-order chi connectivity index (χ1) is 7.22. The first kappa shape index (κ1) is 22.2. The van der Waals surface area contributed by atoms with E-state index in [1.165, 1.54) is 6.92 Å². The maximum atomic E-state index is 11.2. The molecule has 0 saturated carbocycles. The molecule has 0 N–H and O–H groups in total. The first-order valence-electron chi connectivity index (χ1n) is 5.82. The van der Waals surface area contributed by atoms with Gasteiger partial charge in [-0.2, -0.15) is 6.42 Å². The fraction of sp³-hybridized carbons (Fsp3) is 0.714. The Morgan fingerprint density at radius 3 is 1.76 bits per heavy atom. The van der Waals surface area contributed by atoms with Crippen LogP contribution < -0.4 is 0 Å². The second kappa shape index (κ2) is 12.5. The van der Waals surface area contributed by atoms with Crippen molar-refractivity contribution in [2.24, 2.45) is 5.41 Å². The van der Waals surface area contributed by atoms with E-state index in [1.54, 1.807) is 0 Å². The van der Waals surface area contributed by atoms with Crippen molar-refractivity contribution in [1.29, 1.82) is 0 Å². The van der Waals surface area contributed by atoms with Crippen molar-refractivity contribution in [2.75, 3.05) is 0 Å². The third kappa shape index (κ3) is 25.9. The van der Waals surface area contributed by atoms with Crippen molar-refractivity contribution < 1.29 is 30.7 Å². The second-order valence-corrected chi connectivity index (χ2v) is 5.19. The Hall–Kier alpha value is 0.0283. The van der Waals surface area contributed by atoms with Gasteiger partial charge in [0.15, 0.2) is 0 Å². The minimum atomic E-state index is 0. The average Bonchev–Trinajstić information content (AvgIpc) is 2.13. The van der Waals surface area contributed by atoms with Gasteiger partial charge in [-0.1, -0.05) is 27.2 Å². The van der Waals surface area contributed by atoms with E-state index in [4.69, 9.17) is 0 Å². The Kier molecular flexibility index (Phi) is 16.3. The first-order valence-corrected chi connectivity index (χ1v) is 5.82. The number of hydrogen-bond donors (Lipinski definition) is 0. The summed E-state index contributed by atoms with van der Waals surface area (Å²) in [5, 5.41) is 0. The summed E-state index contributed by atoms with van der Waals surface area (Å²) in [4.78, 5) is 20.9. The molecule has 2 nitrogen and oxygen atoms in total. The largest absolute Gasteiger partial charge is 2.00 e. The van der Waals surface area contributed by atoms with Crippen LogP contribution in [0.3, 0.4) is 0 Å². The van der Waals surface area contributed by atoms with Crippen LogP contribution in [0, 0.1) is 19.3 Å². The molecule has 0 radical (unpaired) electrons. The van der Waals surface area contributed by atoms with E-state index in [0.29, 0.717) is 25.0 Å². The third-order valence-electron chi connectivity index (χ3n) is 1.79. The summed E-state index contributed by atoms with van der Waals surface area (Å²) in [5.41, 5.74) is 0.151. The summed E-state index contributed by atoms with van der Waals surface area (Å²) >= 11 is 0. The van der Waals surface area contributed by atoms with Crippen molar-refractivity contribution in [3.63, 3.8) is 0 Å². The van der Waals surface area contributed by atoms with Gasteiger partial charge in [0.25, 0.3) is 0 Å². The van der Waals surface area contributed by atoms with Crippen LogP contribution in [0.25, 0.3) is 0 Å². The van der Waals surface area contributed by atoms with Crippen LogP contribution in [0.2, 0.25) is 0 Å². The maximum Gasteiger partial charge on any atom is 2.00 e. The molecule has 0 amide bonds. The number of carbonyl (C=O) groups is 2. The number of unbranched alkanes of at least 4 members (excludes halogenated alkanes) is 1. The van der Waals surface area contributed by atoms with Crippen molar-refractivity contribution in [3.8, 4) is 0 Å². The molecule has 0 fully saturated rings.